The van der Waals surface area contributed by atoms with Gasteiger partial charge >= 0.3 is 0 Å². The summed E-state index contributed by atoms with van der Waals surface area (Å²) >= 11 is 0. The van der Waals surface area contributed by atoms with Gasteiger partial charge in [-0.3, -0.25) is 4.79 Å². The first-order chi connectivity index (χ1) is 9.36. The summed E-state index contributed by atoms with van der Waals surface area (Å²) in [5.74, 6) is 1.05. The molecule has 1 aromatic rings. The number of pyridine rings is 1. The summed E-state index contributed by atoms with van der Waals surface area (Å²) in [5, 5.41) is 0. The van der Waals surface area contributed by atoms with Gasteiger partial charge in [0.05, 0.1) is 5.56 Å². The van der Waals surface area contributed by atoms with Gasteiger partial charge in [0, 0.05) is 32.4 Å². The zero-order chi connectivity index (χ0) is 13.1. The molecule has 19 heavy (non-hydrogen) atoms. The number of hydrogen-bond acceptors (Lipinski definition) is 3. The molecule has 1 aromatic heterocycles. The minimum atomic E-state index is 0.162. The normalized spacial score (nSPS) is 19.8. The first kappa shape index (κ1) is 12.5. The maximum absolute atomic E-state index is 12.6. The Kier molecular flexibility index (Phi) is 3.67. The number of aromatic nitrogens is 1. The topological polar surface area (TPSA) is 36.4 Å². The van der Waals surface area contributed by atoms with E-state index in [9.17, 15) is 4.79 Å². The fourth-order valence-corrected chi connectivity index (χ4v) is 3.01. The largest absolute Gasteiger partial charge is 0.356 e. The highest BCUT2D eigenvalue weighted by Crippen LogP contribution is 2.24. The highest BCUT2D eigenvalue weighted by molar-refractivity contribution is 5.99. The molecule has 0 saturated carbocycles. The lowest BCUT2D eigenvalue weighted by Gasteiger charge is -2.28. The van der Waals surface area contributed by atoms with Crippen LogP contribution in [0.3, 0.4) is 0 Å². The second kappa shape index (κ2) is 5.59. The van der Waals surface area contributed by atoms with Gasteiger partial charge in [-0.1, -0.05) is 0 Å². The molecule has 0 atom stereocenters. The molecule has 0 aromatic carbocycles. The molecule has 4 heteroatoms. The number of nitrogens with zero attached hydrogens (tertiary/aromatic N) is 3. The standard InChI is InChI=1S/C15H21N3O/c19-15(18-11-2-1-3-12-18)13-7-6-8-16-14(13)17-9-4-5-10-17/h6-8H,1-5,9-12H2. The summed E-state index contributed by atoms with van der Waals surface area (Å²) in [6.45, 7) is 3.84. The molecule has 0 N–H and O–H groups in total. The Morgan fingerprint density at radius 1 is 1.00 bits per heavy atom. The van der Waals surface area contributed by atoms with Crippen LogP contribution in [0.15, 0.2) is 18.3 Å². The first-order valence-electron chi connectivity index (χ1n) is 7.35. The van der Waals surface area contributed by atoms with Gasteiger partial charge in [-0.2, -0.15) is 0 Å². The van der Waals surface area contributed by atoms with E-state index in [1.807, 2.05) is 17.0 Å². The number of carbonyl (C=O) groups excluding carboxylic acids is 1. The van der Waals surface area contributed by atoms with Crippen LogP contribution in [0.1, 0.15) is 42.5 Å². The molecular formula is C15H21N3O. The van der Waals surface area contributed by atoms with E-state index >= 15 is 0 Å². The van der Waals surface area contributed by atoms with Crippen LogP contribution < -0.4 is 4.90 Å². The molecule has 4 nitrogen and oxygen atoms in total. The summed E-state index contributed by atoms with van der Waals surface area (Å²) in [7, 11) is 0. The van der Waals surface area contributed by atoms with Crippen LogP contribution in [0, 0.1) is 0 Å². The molecule has 2 aliphatic rings. The fourth-order valence-electron chi connectivity index (χ4n) is 3.01. The lowest BCUT2D eigenvalue weighted by atomic mass is 10.1. The third-order valence-electron chi connectivity index (χ3n) is 4.07. The van der Waals surface area contributed by atoms with E-state index in [1.165, 1.54) is 19.3 Å². The molecule has 2 saturated heterocycles. The van der Waals surface area contributed by atoms with Crippen molar-refractivity contribution in [3.63, 3.8) is 0 Å². The molecule has 3 heterocycles. The van der Waals surface area contributed by atoms with Crippen molar-refractivity contribution in [3.05, 3.63) is 23.9 Å². The van der Waals surface area contributed by atoms with Gasteiger partial charge < -0.3 is 9.80 Å². The monoisotopic (exact) mass is 259 g/mol. The molecular weight excluding hydrogens is 238 g/mol. The third kappa shape index (κ3) is 2.57. The first-order valence-corrected chi connectivity index (χ1v) is 7.35. The number of likely N-dealkylation sites (tertiary alicyclic amines) is 1. The Hall–Kier alpha value is -1.58. The van der Waals surface area contributed by atoms with Crippen LogP contribution in [0.4, 0.5) is 5.82 Å². The second-order valence-corrected chi connectivity index (χ2v) is 5.42. The predicted molar refractivity (Wildman–Crippen MR) is 75.4 cm³/mol. The fraction of sp³-hybridized carbons (Fsp3) is 0.600. The van der Waals surface area contributed by atoms with E-state index in [4.69, 9.17) is 0 Å². The molecule has 0 spiro atoms. The number of piperidine rings is 1. The Labute approximate surface area is 114 Å². The maximum atomic E-state index is 12.6. The highest BCUT2D eigenvalue weighted by Gasteiger charge is 2.24. The average Bonchev–Trinajstić information content (AvgIpc) is 3.01. The highest BCUT2D eigenvalue weighted by atomic mass is 16.2. The lowest BCUT2D eigenvalue weighted by molar-refractivity contribution is 0.0724. The van der Waals surface area contributed by atoms with Crippen LogP contribution in [0.5, 0.6) is 0 Å². The summed E-state index contributed by atoms with van der Waals surface area (Å²) in [4.78, 5) is 21.3. The van der Waals surface area contributed by atoms with Gasteiger partial charge in [0.25, 0.3) is 5.91 Å². The van der Waals surface area contributed by atoms with Gasteiger partial charge in [0.15, 0.2) is 0 Å². The van der Waals surface area contributed by atoms with Gasteiger partial charge in [0.2, 0.25) is 0 Å². The van der Waals surface area contributed by atoms with Crippen molar-refractivity contribution in [2.75, 3.05) is 31.1 Å². The molecule has 2 fully saturated rings. The SMILES string of the molecule is O=C(c1cccnc1N1CCCC1)N1CCCCC1. The Bertz CT molecular complexity index is 448. The molecule has 0 bridgehead atoms. The quantitative estimate of drug-likeness (QED) is 0.817. The van der Waals surface area contributed by atoms with Crippen LogP contribution in [-0.4, -0.2) is 42.0 Å². The van der Waals surface area contributed by atoms with E-state index in [0.29, 0.717) is 0 Å². The lowest BCUT2D eigenvalue weighted by Crippen LogP contribution is -2.36. The number of anilines is 1. The predicted octanol–water partition coefficient (Wildman–Crippen LogP) is 2.31. The van der Waals surface area contributed by atoms with Crippen molar-refractivity contribution in [2.24, 2.45) is 0 Å². The minimum Gasteiger partial charge on any atom is -0.356 e. The summed E-state index contributed by atoms with van der Waals surface area (Å²) in [5.41, 5.74) is 0.784. The number of rotatable bonds is 2. The third-order valence-corrected chi connectivity index (χ3v) is 4.07. The Morgan fingerprint density at radius 2 is 1.68 bits per heavy atom. The van der Waals surface area contributed by atoms with Gasteiger partial charge in [-0.05, 0) is 44.2 Å². The number of amides is 1. The van der Waals surface area contributed by atoms with Crippen LogP contribution in [0.2, 0.25) is 0 Å². The number of carbonyl (C=O) groups is 1. The number of hydrogen-bond donors (Lipinski definition) is 0. The summed E-state index contributed by atoms with van der Waals surface area (Å²) in [6.07, 6.45) is 7.70. The van der Waals surface area contributed by atoms with Crippen molar-refractivity contribution < 1.29 is 4.79 Å². The molecule has 0 unspecified atom stereocenters. The molecule has 3 rings (SSSR count). The van der Waals surface area contributed by atoms with Crippen molar-refractivity contribution in [3.8, 4) is 0 Å². The summed E-state index contributed by atoms with van der Waals surface area (Å²) < 4.78 is 0. The minimum absolute atomic E-state index is 0.162. The smallest absolute Gasteiger partial charge is 0.257 e. The van der Waals surface area contributed by atoms with E-state index < -0.39 is 0 Å². The zero-order valence-corrected chi connectivity index (χ0v) is 11.3. The Balaban J connectivity index is 1.84. The van der Waals surface area contributed by atoms with E-state index in [2.05, 4.69) is 9.88 Å². The summed E-state index contributed by atoms with van der Waals surface area (Å²) in [6, 6.07) is 3.80. The van der Waals surface area contributed by atoms with E-state index in [1.54, 1.807) is 6.20 Å². The van der Waals surface area contributed by atoms with Gasteiger partial charge in [0.1, 0.15) is 5.82 Å². The molecule has 0 aliphatic carbocycles. The van der Waals surface area contributed by atoms with Gasteiger partial charge in [-0.25, -0.2) is 4.98 Å². The average molecular weight is 259 g/mol. The van der Waals surface area contributed by atoms with Crippen molar-refractivity contribution in [1.82, 2.24) is 9.88 Å². The van der Waals surface area contributed by atoms with Crippen LogP contribution in [0.25, 0.3) is 0 Å². The van der Waals surface area contributed by atoms with Crippen molar-refractivity contribution in [1.29, 1.82) is 0 Å². The van der Waals surface area contributed by atoms with Crippen LogP contribution >= 0.6 is 0 Å². The van der Waals surface area contributed by atoms with Crippen LogP contribution in [-0.2, 0) is 0 Å². The second-order valence-electron chi connectivity index (χ2n) is 5.42. The van der Waals surface area contributed by atoms with E-state index in [0.717, 1.165) is 50.4 Å². The Morgan fingerprint density at radius 3 is 2.42 bits per heavy atom. The van der Waals surface area contributed by atoms with Gasteiger partial charge in [-0.15, -0.1) is 0 Å². The molecule has 0 radical (unpaired) electrons. The van der Waals surface area contributed by atoms with E-state index in [-0.39, 0.29) is 5.91 Å². The molecule has 102 valence electrons. The zero-order valence-electron chi connectivity index (χ0n) is 11.3. The molecule has 1 amide bonds. The van der Waals surface area contributed by atoms with Crippen molar-refractivity contribution in [2.45, 2.75) is 32.1 Å². The molecule has 2 aliphatic heterocycles. The maximum Gasteiger partial charge on any atom is 0.257 e. The van der Waals surface area contributed by atoms with Crippen molar-refractivity contribution >= 4 is 11.7 Å².